The zero-order valence-electron chi connectivity index (χ0n) is 16.1. The van der Waals surface area contributed by atoms with Crippen LogP contribution >= 0.6 is 0 Å². The third-order valence-electron chi connectivity index (χ3n) is 5.85. The number of hydrogen-bond donors (Lipinski definition) is 0. The quantitative estimate of drug-likeness (QED) is 0.341. The summed E-state index contributed by atoms with van der Waals surface area (Å²) in [6.45, 7) is 4.92. The van der Waals surface area contributed by atoms with Crippen molar-refractivity contribution in [3.63, 3.8) is 0 Å². The maximum atomic E-state index is 2.53. The molecule has 134 valence electrons. The topological polar surface area (TPSA) is 0 Å². The predicted octanol–water partition coefficient (Wildman–Crippen LogP) is 6.58. The fourth-order valence-electron chi connectivity index (χ4n) is 4.15. The molecule has 0 saturated carbocycles. The van der Waals surface area contributed by atoms with Gasteiger partial charge in [-0.05, 0) is 0 Å². The number of rotatable bonds is 8. The molecule has 0 fully saturated rings. The Bertz CT molecular complexity index is 664. The van der Waals surface area contributed by atoms with Crippen molar-refractivity contribution in [2.75, 3.05) is 0 Å². The zero-order valence-corrected chi connectivity index (χ0v) is 18.9. The first-order valence-electron chi connectivity index (χ1n) is 9.83. The molecule has 0 nitrogen and oxygen atoms in total. The van der Waals surface area contributed by atoms with Crippen LogP contribution in [-0.2, 0) is 13.3 Å². The first-order chi connectivity index (χ1) is 12.7. The summed E-state index contributed by atoms with van der Waals surface area (Å²) in [6.07, 6.45) is 1.29. The van der Waals surface area contributed by atoms with Crippen LogP contribution in [0.15, 0.2) is 91.0 Å². The van der Waals surface area contributed by atoms with E-state index < -0.39 is 18.4 Å². The molecular weight excluding hydrogens is 419 g/mol. The third-order valence-corrected chi connectivity index (χ3v) is 22.5. The first kappa shape index (κ1) is 19.2. The molecule has 0 amide bonds. The molecule has 0 aliphatic carbocycles. The van der Waals surface area contributed by atoms with E-state index in [4.69, 9.17) is 0 Å². The van der Waals surface area contributed by atoms with Crippen molar-refractivity contribution in [3.05, 3.63) is 108 Å². The van der Waals surface area contributed by atoms with E-state index in [1.165, 1.54) is 36.4 Å². The van der Waals surface area contributed by atoms with Crippen LogP contribution in [0.25, 0.3) is 0 Å². The van der Waals surface area contributed by atoms with Gasteiger partial charge in [0.15, 0.2) is 0 Å². The van der Waals surface area contributed by atoms with Crippen LogP contribution in [-0.4, -0.2) is 18.4 Å². The average Bonchev–Trinajstić information content (AvgIpc) is 2.69. The Morgan fingerprint density at radius 2 is 0.885 bits per heavy atom. The standard InChI is InChI=1S/3C7H7.C4H9.Sn/c3*1-7-5-3-2-4-6-7;1-3-4-2;/h3*2-6H,1H2;3H,4H2,1-2H3;. The summed E-state index contributed by atoms with van der Waals surface area (Å²) >= 11 is -2.56. The maximum absolute atomic E-state index is 2.56. The third kappa shape index (κ3) is 5.00. The molecule has 0 aliphatic heterocycles. The van der Waals surface area contributed by atoms with E-state index in [2.05, 4.69) is 105 Å². The normalized spacial score (nSPS) is 12.7. The second kappa shape index (κ2) is 9.41. The van der Waals surface area contributed by atoms with Crippen molar-refractivity contribution >= 4 is 18.4 Å². The predicted molar refractivity (Wildman–Crippen MR) is 116 cm³/mol. The average molecular weight is 449 g/mol. The van der Waals surface area contributed by atoms with E-state index >= 15 is 0 Å². The van der Waals surface area contributed by atoms with Crippen molar-refractivity contribution in [3.8, 4) is 0 Å². The van der Waals surface area contributed by atoms with Gasteiger partial charge < -0.3 is 0 Å². The summed E-state index contributed by atoms with van der Waals surface area (Å²) in [4.78, 5) is 0. The van der Waals surface area contributed by atoms with Crippen molar-refractivity contribution < 1.29 is 0 Å². The molecule has 3 aromatic rings. The molecule has 0 heterocycles. The van der Waals surface area contributed by atoms with Crippen LogP contribution < -0.4 is 0 Å². The van der Waals surface area contributed by atoms with Crippen molar-refractivity contribution in [2.45, 2.75) is 37.5 Å². The van der Waals surface area contributed by atoms with Crippen LogP contribution in [0.5, 0.6) is 0 Å². The van der Waals surface area contributed by atoms with Crippen LogP contribution in [0.2, 0.25) is 3.93 Å². The fraction of sp³-hybridized carbons (Fsp3) is 0.280. The van der Waals surface area contributed by atoms with Gasteiger partial charge in [-0.25, -0.2) is 0 Å². The molecule has 1 heteroatoms. The first-order valence-corrected chi connectivity index (χ1v) is 17.5. The molecule has 0 radical (unpaired) electrons. The molecule has 26 heavy (non-hydrogen) atoms. The van der Waals surface area contributed by atoms with E-state index in [-0.39, 0.29) is 0 Å². The Morgan fingerprint density at radius 3 is 1.15 bits per heavy atom. The summed E-state index contributed by atoms with van der Waals surface area (Å²) < 4.78 is 4.83. The molecular formula is C25H30Sn. The van der Waals surface area contributed by atoms with Gasteiger partial charge in [-0.15, -0.1) is 0 Å². The fourth-order valence-corrected chi connectivity index (χ4v) is 19.7. The van der Waals surface area contributed by atoms with Crippen molar-refractivity contribution in [1.82, 2.24) is 0 Å². The SMILES string of the molecule is CC[CH](C)[Sn]([CH2]c1ccccc1)([CH2]c1ccccc1)[CH2]c1ccccc1. The Kier molecular flexibility index (Phi) is 6.96. The van der Waals surface area contributed by atoms with E-state index in [0.717, 1.165) is 3.93 Å². The van der Waals surface area contributed by atoms with Crippen molar-refractivity contribution in [1.29, 1.82) is 0 Å². The van der Waals surface area contributed by atoms with E-state index in [0.29, 0.717) is 0 Å². The Morgan fingerprint density at radius 1 is 0.577 bits per heavy atom. The number of hydrogen-bond acceptors (Lipinski definition) is 0. The monoisotopic (exact) mass is 450 g/mol. The Balaban J connectivity index is 2.00. The molecule has 1 atom stereocenters. The molecule has 0 spiro atoms. The van der Waals surface area contributed by atoms with Gasteiger partial charge >= 0.3 is 164 Å². The molecule has 3 rings (SSSR count). The molecule has 0 N–H and O–H groups in total. The van der Waals surface area contributed by atoms with E-state index in [1.54, 1.807) is 0 Å². The summed E-state index contributed by atoms with van der Waals surface area (Å²) in [5, 5.41) is 0. The molecule has 0 aromatic heterocycles. The van der Waals surface area contributed by atoms with Gasteiger partial charge in [0.25, 0.3) is 0 Å². The van der Waals surface area contributed by atoms with Gasteiger partial charge in [0.1, 0.15) is 0 Å². The molecule has 0 aliphatic rings. The second-order valence-electron chi connectivity index (χ2n) is 7.66. The van der Waals surface area contributed by atoms with Gasteiger partial charge in [-0.3, -0.25) is 0 Å². The van der Waals surface area contributed by atoms with E-state index in [9.17, 15) is 0 Å². The van der Waals surface area contributed by atoms with Gasteiger partial charge in [0, 0.05) is 0 Å². The molecule has 0 bridgehead atoms. The Hall–Kier alpha value is -1.54. The minimum absolute atomic E-state index is 0.852. The summed E-state index contributed by atoms with van der Waals surface area (Å²) in [5.41, 5.74) is 4.61. The van der Waals surface area contributed by atoms with Gasteiger partial charge in [0.05, 0.1) is 0 Å². The summed E-state index contributed by atoms with van der Waals surface area (Å²) in [6, 6.07) is 33.6. The van der Waals surface area contributed by atoms with Crippen LogP contribution in [0.3, 0.4) is 0 Å². The number of benzene rings is 3. The van der Waals surface area contributed by atoms with Crippen LogP contribution in [0.1, 0.15) is 37.0 Å². The van der Waals surface area contributed by atoms with Gasteiger partial charge in [0.2, 0.25) is 0 Å². The summed E-state index contributed by atoms with van der Waals surface area (Å²) in [5.74, 6) is 0. The van der Waals surface area contributed by atoms with Crippen LogP contribution in [0, 0.1) is 0 Å². The van der Waals surface area contributed by atoms with E-state index in [1.807, 2.05) is 0 Å². The Labute approximate surface area is 163 Å². The molecule has 3 aromatic carbocycles. The van der Waals surface area contributed by atoms with Gasteiger partial charge in [-0.1, -0.05) is 0 Å². The molecule has 1 unspecified atom stereocenters. The van der Waals surface area contributed by atoms with Crippen LogP contribution in [0.4, 0.5) is 0 Å². The zero-order chi connectivity index (χ0) is 18.2. The molecule has 0 saturated heterocycles. The van der Waals surface area contributed by atoms with Gasteiger partial charge in [-0.2, -0.15) is 0 Å². The summed E-state index contributed by atoms with van der Waals surface area (Å²) in [7, 11) is 0. The minimum atomic E-state index is -2.56. The second-order valence-corrected chi connectivity index (χ2v) is 21.3. The van der Waals surface area contributed by atoms with Crippen molar-refractivity contribution in [2.24, 2.45) is 0 Å².